The number of fused-ring (bicyclic) bond motifs is 1. The summed E-state index contributed by atoms with van der Waals surface area (Å²) in [6.07, 6.45) is 4.27. The van der Waals surface area contributed by atoms with Crippen molar-refractivity contribution in [2.45, 2.75) is 45.4 Å². The molecule has 0 bridgehead atoms. The number of aryl methyl sites for hydroxylation is 3. The second kappa shape index (κ2) is 10.9. The Hall–Kier alpha value is -3.80. The van der Waals surface area contributed by atoms with E-state index in [0.717, 1.165) is 36.0 Å². The van der Waals surface area contributed by atoms with Crippen molar-refractivity contribution in [1.82, 2.24) is 0 Å². The summed E-state index contributed by atoms with van der Waals surface area (Å²) in [6.45, 7) is 3.71. The Balaban J connectivity index is 0.000000196. The number of ether oxygens (including phenoxy) is 1. The van der Waals surface area contributed by atoms with E-state index in [0.29, 0.717) is 11.3 Å². The molecule has 1 aliphatic carbocycles. The topological polar surface area (TPSA) is 110 Å². The summed E-state index contributed by atoms with van der Waals surface area (Å²) in [4.78, 5) is 22.0. The maximum atomic E-state index is 12.2. The van der Waals surface area contributed by atoms with Crippen LogP contribution in [-0.4, -0.2) is 24.2 Å². The van der Waals surface area contributed by atoms with Gasteiger partial charge in [-0.15, -0.1) is 0 Å². The van der Waals surface area contributed by atoms with Gasteiger partial charge in [0.25, 0.3) is 0 Å². The molecule has 1 atom stereocenters. The lowest BCUT2D eigenvalue weighted by Gasteiger charge is -2.23. The summed E-state index contributed by atoms with van der Waals surface area (Å²) >= 11 is 0. The van der Waals surface area contributed by atoms with Crippen LogP contribution >= 0.6 is 0 Å². The summed E-state index contributed by atoms with van der Waals surface area (Å²) in [7, 11) is 1.48. The van der Waals surface area contributed by atoms with Crippen molar-refractivity contribution in [3.05, 3.63) is 93.5 Å². The lowest BCUT2D eigenvalue weighted by Crippen LogP contribution is -2.23. The van der Waals surface area contributed by atoms with Gasteiger partial charge < -0.3 is 24.9 Å². The van der Waals surface area contributed by atoms with Gasteiger partial charge in [-0.2, -0.15) is 0 Å². The van der Waals surface area contributed by atoms with Gasteiger partial charge in [-0.3, -0.25) is 0 Å². The van der Waals surface area contributed by atoms with E-state index in [4.69, 9.17) is 9.84 Å². The second-order valence-corrected chi connectivity index (χ2v) is 8.48. The first-order chi connectivity index (χ1) is 16.2. The Labute approximate surface area is 199 Å². The SMILES string of the molecule is COc1cc2c(cc1C(=O)[O-])CCCC2.Cc1cc(C(=O)O)c([O-])c(C(C)c2ccccc2)c1. The van der Waals surface area contributed by atoms with E-state index in [1.807, 2.05) is 43.3 Å². The number of hydrogen-bond acceptors (Lipinski definition) is 5. The molecule has 6 nitrogen and oxygen atoms in total. The molecule has 1 N–H and O–H groups in total. The summed E-state index contributed by atoms with van der Waals surface area (Å²) in [5.74, 6) is -2.44. The zero-order valence-electron chi connectivity index (χ0n) is 19.6. The molecule has 0 aromatic heterocycles. The Morgan fingerprint density at radius 1 is 0.971 bits per heavy atom. The fourth-order valence-electron chi connectivity index (χ4n) is 4.29. The number of rotatable bonds is 5. The van der Waals surface area contributed by atoms with Crippen LogP contribution in [-0.2, 0) is 12.8 Å². The van der Waals surface area contributed by atoms with Crippen molar-refractivity contribution >= 4 is 11.9 Å². The molecule has 4 rings (SSSR count). The van der Waals surface area contributed by atoms with E-state index in [1.54, 1.807) is 19.1 Å². The number of carboxylic acid groups (broad SMARTS) is 2. The minimum absolute atomic E-state index is 0.119. The van der Waals surface area contributed by atoms with E-state index >= 15 is 0 Å². The maximum absolute atomic E-state index is 12.2. The summed E-state index contributed by atoms with van der Waals surface area (Å²) in [5, 5.41) is 32.1. The lowest BCUT2D eigenvalue weighted by atomic mass is 9.90. The van der Waals surface area contributed by atoms with E-state index in [-0.39, 0.29) is 17.0 Å². The monoisotopic (exact) mass is 460 g/mol. The highest BCUT2D eigenvalue weighted by atomic mass is 16.5. The van der Waals surface area contributed by atoms with Crippen molar-refractivity contribution in [3.8, 4) is 11.5 Å². The fraction of sp³-hybridized carbons (Fsp3) is 0.286. The number of aromatic carboxylic acids is 2. The van der Waals surface area contributed by atoms with E-state index in [2.05, 4.69) is 0 Å². The van der Waals surface area contributed by atoms with Crippen LogP contribution in [0.5, 0.6) is 11.5 Å². The molecule has 6 heteroatoms. The van der Waals surface area contributed by atoms with Gasteiger partial charge in [0, 0.05) is 11.5 Å². The van der Waals surface area contributed by atoms with Crippen LogP contribution in [0.2, 0.25) is 0 Å². The second-order valence-electron chi connectivity index (χ2n) is 8.48. The Bertz CT molecular complexity index is 1180. The Morgan fingerprint density at radius 3 is 2.15 bits per heavy atom. The molecule has 1 unspecified atom stereocenters. The highest BCUT2D eigenvalue weighted by molar-refractivity contribution is 5.91. The molecule has 0 fully saturated rings. The molecule has 0 saturated heterocycles. The zero-order chi connectivity index (χ0) is 24.8. The lowest BCUT2D eigenvalue weighted by molar-refractivity contribution is -0.270. The maximum Gasteiger partial charge on any atom is 0.335 e. The van der Waals surface area contributed by atoms with Crippen LogP contribution in [0.3, 0.4) is 0 Å². The van der Waals surface area contributed by atoms with Crippen molar-refractivity contribution in [1.29, 1.82) is 0 Å². The van der Waals surface area contributed by atoms with Crippen molar-refractivity contribution in [2.75, 3.05) is 7.11 Å². The third-order valence-corrected chi connectivity index (χ3v) is 6.14. The molecular formula is C28H28O6-2. The van der Waals surface area contributed by atoms with Crippen molar-refractivity contribution in [2.24, 2.45) is 0 Å². The quantitative estimate of drug-likeness (QED) is 0.619. The number of hydrogen-bond donors (Lipinski definition) is 1. The number of methoxy groups -OCH3 is 1. The van der Waals surface area contributed by atoms with Gasteiger partial charge in [0.15, 0.2) is 0 Å². The van der Waals surface area contributed by atoms with Gasteiger partial charge in [0.05, 0.1) is 18.6 Å². The molecule has 0 heterocycles. The van der Waals surface area contributed by atoms with Crippen LogP contribution in [0.1, 0.15) is 74.2 Å². The first kappa shape index (κ1) is 24.8. The molecular weight excluding hydrogens is 432 g/mol. The molecule has 34 heavy (non-hydrogen) atoms. The minimum Gasteiger partial charge on any atom is -0.872 e. The molecule has 0 amide bonds. The fourth-order valence-corrected chi connectivity index (χ4v) is 4.29. The molecule has 0 saturated carbocycles. The third kappa shape index (κ3) is 5.57. The van der Waals surface area contributed by atoms with Crippen LogP contribution in [0.25, 0.3) is 0 Å². The highest BCUT2D eigenvalue weighted by Crippen LogP contribution is 2.33. The predicted octanol–water partition coefficient (Wildman–Crippen LogP) is 3.86. The summed E-state index contributed by atoms with van der Waals surface area (Å²) in [5.41, 5.74) is 4.67. The number of carboxylic acids is 2. The van der Waals surface area contributed by atoms with Gasteiger partial charge in [-0.25, -0.2) is 4.79 Å². The van der Waals surface area contributed by atoms with Gasteiger partial charge in [-0.1, -0.05) is 54.6 Å². The summed E-state index contributed by atoms with van der Waals surface area (Å²) < 4.78 is 5.05. The molecule has 3 aromatic rings. The molecule has 0 spiro atoms. The molecule has 178 valence electrons. The zero-order valence-corrected chi connectivity index (χ0v) is 19.6. The molecule has 1 aliphatic rings. The largest absolute Gasteiger partial charge is 0.872 e. The van der Waals surface area contributed by atoms with Gasteiger partial charge >= 0.3 is 5.97 Å². The van der Waals surface area contributed by atoms with E-state index in [9.17, 15) is 19.8 Å². The van der Waals surface area contributed by atoms with Gasteiger partial charge in [-0.05, 0) is 73.1 Å². The Kier molecular flexibility index (Phi) is 7.95. The average Bonchev–Trinajstić information content (AvgIpc) is 2.84. The van der Waals surface area contributed by atoms with Gasteiger partial charge in [0.2, 0.25) is 0 Å². The Morgan fingerprint density at radius 2 is 1.59 bits per heavy atom. The normalized spacial score (nSPS) is 13.1. The number of benzene rings is 3. The van der Waals surface area contributed by atoms with Crippen LogP contribution in [0.4, 0.5) is 0 Å². The molecule has 0 radical (unpaired) electrons. The average molecular weight is 461 g/mol. The molecule has 0 aliphatic heterocycles. The number of carbonyl (C=O) groups is 2. The van der Waals surface area contributed by atoms with Crippen molar-refractivity contribution in [3.63, 3.8) is 0 Å². The van der Waals surface area contributed by atoms with E-state index < -0.39 is 17.7 Å². The van der Waals surface area contributed by atoms with E-state index in [1.165, 1.54) is 25.2 Å². The van der Waals surface area contributed by atoms with Crippen LogP contribution < -0.4 is 14.9 Å². The van der Waals surface area contributed by atoms with Crippen LogP contribution in [0, 0.1) is 6.92 Å². The standard InChI is InChI=1S/C16H16O3.C12H14O3/c1-10-8-13(15(17)14(9-10)16(18)19)11(2)12-6-4-3-5-7-12;1-15-11-7-9-5-3-2-4-8(9)6-10(11)12(13)14/h3-9,11,17H,1-2H3,(H,18,19);6-7H,2-5H2,1H3,(H,13,14)/p-2. The summed E-state index contributed by atoms with van der Waals surface area (Å²) in [6, 6.07) is 16.3. The minimum atomic E-state index is -1.17. The van der Waals surface area contributed by atoms with Crippen LogP contribution in [0.15, 0.2) is 54.6 Å². The highest BCUT2D eigenvalue weighted by Gasteiger charge is 2.15. The number of carbonyl (C=O) groups excluding carboxylic acids is 1. The van der Waals surface area contributed by atoms with Gasteiger partial charge in [0.1, 0.15) is 5.75 Å². The first-order valence-corrected chi connectivity index (χ1v) is 11.2. The third-order valence-electron chi connectivity index (χ3n) is 6.14. The predicted molar refractivity (Wildman–Crippen MR) is 126 cm³/mol. The molecule has 3 aromatic carbocycles. The first-order valence-electron chi connectivity index (χ1n) is 11.2. The van der Waals surface area contributed by atoms with Crippen molar-refractivity contribution < 1.29 is 29.6 Å². The smallest absolute Gasteiger partial charge is 0.335 e.